The van der Waals surface area contributed by atoms with Crippen molar-refractivity contribution in [2.75, 3.05) is 0 Å². The highest BCUT2D eigenvalue weighted by molar-refractivity contribution is 7.79. The molecule has 2 aliphatic rings. The predicted octanol–water partition coefficient (Wildman–Crippen LogP) is -0.216. The molecule has 0 aliphatic heterocycles. The largest absolute Gasteiger partial charge is 0.759 e. The summed E-state index contributed by atoms with van der Waals surface area (Å²) in [4.78, 5) is 0. The lowest BCUT2D eigenvalue weighted by Gasteiger charge is -2.12. The molecule has 6 nitrogen and oxygen atoms in total. The Morgan fingerprint density at radius 3 is 1.00 bits per heavy atom. The van der Waals surface area contributed by atoms with Crippen LogP contribution in [0.1, 0.15) is 64.2 Å². The number of hydrogen-bond donors (Lipinski definition) is 2. The Morgan fingerprint density at radius 1 is 0.684 bits per heavy atom. The van der Waals surface area contributed by atoms with Gasteiger partial charge >= 0.3 is 0 Å². The zero-order valence-electron chi connectivity index (χ0n) is 11.7. The standard InChI is InChI=1S/2C6H13N.H2O4S/c2*7-6-4-2-1-3-5-6;1-5(2,3)4/h2*6H,1-5,7H2;(H2,1,2,3,4). The Bertz CT molecular complexity index is 273. The molecular formula is C12H28N2O4S. The summed E-state index contributed by atoms with van der Waals surface area (Å²) >= 11 is 0. The minimum Gasteiger partial charge on any atom is -0.759 e. The minimum atomic E-state index is -5.17. The van der Waals surface area contributed by atoms with Gasteiger partial charge in [-0.05, 0) is 51.4 Å². The van der Waals surface area contributed by atoms with Crippen LogP contribution in [-0.2, 0) is 10.4 Å². The molecule has 2 saturated carbocycles. The van der Waals surface area contributed by atoms with Crippen LogP contribution in [-0.4, -0.2) is 29.6 Å². The maximum Gasteiger partial charge on any atom is 0.0843 e. The molecule has 0 saturated heterocycles. The molecule has 0 unspecified atom stereocenters. The molecule has 19 heavy (non-hydrogen) atoms. The lowest BCUT2D eigenvalue weighted by Crippen LogP contribution is -2.61. The van der Waals surface area contributed by atoms with E-state index in [-0.39, 0.29) is 0 Å². The molecule has 6 N–H and O–H groups in total. The molecule has 2 fully saturated rings. The summed E-state index contributed by atoms with van der Waals surface area (Å²) < 4.78 is 34.1. The van der Waals surface area contributed by atoms with Gasteiger partial charge in [-0.25, -0.2) is 0 Å². The highest BCUT2D eigenvalue weighted by atomic mass is 32.3. The van der Waals surface area contributed by atoms with Crippen molar-refractivity contribution >= 4 is 10.4 Å². The molecule has 2 aliphatic carbocycles. The zero-order valence-corrected chi connectivity index (χ0v) is 12.5. The molecule has 0 heterocycles. The smallest absolute Gasteiger partial charge is 0.0843 e. The Labute approximate surface area is 116 Å². The summed E-state index contributed by atoms with van der Waals surface area (Å²) in [7, 11) is -5.17. The van der Waals surface area contributed by atoms with Crippen LogP contribution >= 0.6 is 0 Å². The quantitative estimate of drug-likeness (QED) is 0.472. The second kappa shape index (κ2) is 10.6. The SMILES string of the molecule is O=S(=O)([O-])[O-].[NH3+]C1CCCCC1.[NH3+]C1CCCCC1. The Hall–Kier alpha value is -0.210. The molecule has 0 radical (unpaired) electrons. The van der Waals surface area contributed by atoms with Gasteiger partial charge in [0.05, 0.1) is 12.1 Å². The molecule has 0 spiro atoms. The van der Waals surface area contributed by atoms with Crippen LogP contribution in [0.15, 0.2) is 0 Å². The highest BCUT2D eigenvalue weighted by Crippen LogP contribution is 2.14. The van der Waals surface area contributed by atoms with E-state index in [9.17, 15) is 0 Å². The van der Waals surface area contributed by atoms with Gasteiger partial charge in [0.15, 0.2) is 0 Å². The number of quaternary nitrogens is 2. The van der Waals surface area contributed by atoms with Crippen molar-refractivity contribution in [1.82, 2.24) is 0 Å². The fraction of sp³-hybridized carbons (Fsp3) is 1.00. The molecular weight excluding hydrogens is 268 g/mol. The van der Waals surface area contributed by atoms with E-state index in [2.05, 4.69) is 11.5 Å². The zero-order chi connectivity index (χ0) is 14.7. The summed E-state index contributed by atoms with van der Waals surface area (Å²) in [6, 6.07) is 1.57. The highest BCUT2D eigenvalue weighted by Gasteiger charge is 2.10. The van der Waals surface area contributed by atoms with Gasteiger partial charge in [-0.15, -0.1) is 0 Å². The third-order valence-electron chi connectivity index (χ3n) is 3.45. The van der Waals surface area contributed by atoms with Gasteiger partial charge in [0, 0.05) is 10.4 Å². The van der Waals surface area contributed by atoms with Crippen molar-refractivity contribution in [3.8, 4) is 0 Å². The van der Waals surface area contributed by atoms with Crippen molar-refractivity contribution in [2.24, 2.45) is 0 Å². The van der Waals surface area contributed by atoms with Crippen molar-refractivity contribution < 1.29 is 29.0 Å². The van der Waals surface area contributed by atoms with E-state index in [0.717, 1.165) is 12.1 Å². The van der Waals surface area contributed by atoms with Crippen molar-refractivity contribution in [3.63, 3.8) is 0 Å². The monoisotopic (exact) mass is 296 g/mol. The summed E-state index contributed by atoms with van der Waals surface area (Å²) in [6.45, 7) is 0. The average molecular weight is 296 g/mol. The van der Waals surface area contributed by atoms with Crippen LogP contribution in [0.3, 0.4) is 0 Å². The summed E-state index contributed by atoms with van der Waals surface area (Å²) in [5.41, 5.74) is 8.00. The summed E-state index contributed by atoms with van der Waals surface area (Å²) in [5.74, 6) is 0. The Kier molecular flexibility index (Phi) is 10.4. The second-order valence-electron chi connectivity index (χ2n) is 5.42. The third kappa shape index (κ3) is 17.8. The van der Waals surface area contributed by atoms with Crippen molar-refractivity contribution in [2.45, 2.75) is 76.3 Å². The molecule has 0 aromatic heterocycles. The fourth-order valence-corrected chi connectivity index (χ4v) is 2.37. The normalized spacial score (nSPS) is 21.7. The van der Waals surface area contributed by atoms with Crippen LogP contribution in [0.4, 0.5) is 0 Å². The van der Waals surface area contributed by atoms with Gasteiger partial charge in [0.2, 0.25) is 0 Å². The second-order valence-corrected chi connectivity index (χ2v) is 6.23. The molecule has 0 atom stereocenters. The predicted molar refractivity (Wildman–Crippen MR) is 70.0 cm³/mol. The molecule has 0 amide bonds. The van der Waals surface area contributed by atoms with Gasteiger partial charge < -0.3 is 20.6 Å². The maximum atomic E-state index is 8.52. The molecule has 0 aromatic carbocycles. The van der Waals surface area contributed by atoms with Gasteiger partial charge in [0.25, 0.3) is 0 Å². The molecule has 7 heteroatoms. The molecule has 2 rings (SSSR count). The molecule has 116 valence electrons. The van der Waals surface area contributed by atoms with Crippen LogP contribution < -0.4 is 11.5 Å². The van der Waals surface area contributed by atoms with Gasteiger partial charge in [0.1, 0.15) is 0 Å². The molecule has 0 bridgehead atoms. The third-order valence-corrected chi connectivity index (χ3v) is 3.45. The first kappa shape index (κ1) is 18.8. The van der Waals surface area contributed by atoms with Crippen LogP contribution in [0.2, 0.25) is 0 Å². The van der Waals surface area contributed by atoms with Gasteiger partial charge in [-0.2, -0.15) is 0 Å². The lowest BCUT2D eigenvalue weighted by atomic mass is 9.97. The van der Waals surface area contributed by atoms with E-state index in [0.29, 0.717) is 0 Å². The van der Waals surface area contributed by atoms with Crippen LogP contribution in [0.25, 0.3) is 0 Å². The number of rotatable bonds is 0. The topological polar surface area (TPSA) is 136 Å². The van der Waals surface area contributed by atoms with Crippen molar-refractivity contribution in [3.05, 3.63) is 0 Å². The summed E-state index contributed by atoms with van der Waals surface area (Å²) in [6.07, 6.45) is 14.1. The van der Waals surface area contributed by atoms with E-state index in [1.807, 2.05) is 0 Å². The van der Waals surface area contributed by atoms with Crippen LogP contribution in [0.5, 0.6) is 0 Å². The van der Waals surface area contributed by atoms with E-state index >= 15 is 0 Å². The van der Waals surface area contributed by atoms with E-state index in [1.165, 1.54) is 64.2 Å². The Morgan fingerprint density at radius 2 is 0.895 bits per heavy atom. The Balaban J connectivity index is 0.000000261. The van der Waals surface area contributed by atoms with Crippen LogP contribution in [0, 0.1) is 0 Å². The van der Waals surface area contributed by atoms with E-state index in [1.54, 1.807) is 0 Å². The first-order chi connectivity index (χ1) is 8.79. The average Bonchev–Trinajstić information content (AvgIpc) is 2.29. The lowest BCUT2D eigenvalue weighted by molar-refractivity contribution is -0.425. The molecule has 0 aromatic rings. The minimum absolute atomic E-state index is 0.786. The van der Waals surface area contributed by atoms with Crippen molar-refractivity contribution in [1.29, 1.82) is 0 Å². The first-order valence-corrected chi connectivity index (χ1v) is 8.45. The number of hydrogen-bond acceptors (Lipinski definition) is 4. The summed E-state index contributed by atoms with van der Waals surface area (Å²) in [5, 5.41) is 0. The maximum absolute atomic E-state index is 8.52. The van der Waals surface area contributed by atoms with Gasteiger partial charge in [-0.3, -0.25) is 8.42 Å². The van der Waals surface area contributed by atoms with E-state index < -0.39 is 10.4 Å². The van der Waals surface area contributed by atoms with Gasteiger partial charge in [-0.1, -0.05) is 12.8 Å². The van der Waals surface area contributed by atoms with E-state index in [4.69, 9.17) is 17.5 Å². The first-order valence-electron chi connectivity index (χ1n) is 7.12. The fourth-order valence-electron chi connectivity index (χ4n) is 2.37.